The normalized spacial score (nSPS) is 15.6. The van der Waals surface area contributed by atoms with Crippen LogP contribution in [0.4, 0.5) is 5.82 Å². The van der Waals surface area contributed by atoms with Crippen LogP contribution in [0.15, 0.2) is 96.9 Å². The van der Waals surface area contributed by atoms with Crippen LogP contribution in [0.5, 0.6) is 5.75 Å². The van der Waals surface area contributed by atoms with E-state index in [-0.39, 0.29) is 11.7 Å². The summed E-state index contributed by atoms with van der Waals surface area (Å²) in [6.45, 7) is 5.61. The second-order valence-electron chi connectivity index (χ2n) is 8.08. The summed E-state index contributed by atoms with van der Waals surface area (Å²) in [7, 11) is 5.18. The number of aromatic hydroxyl groups is 1. The average molecular weight is 450 g/mol. The molecule has 0 bridgehead atoms. The zero-order valence-corrected chi connectivity index (χ0v) is 18.9. The lowest BCUT2D eigenvalue weighted by Gasteiger charge is -2.07. The molecule has 2 aromatic carbocycles. The van der Waals surface area contributed by atoms with Crippen molar-refractivity contribution in [2.45, 2.75) is 25.8 Å². The summed E-state index contributed by atoms with van der Waals surface area (Å²) >= 11 is 0. The van der Waals surface area contributed by atoms with Gasteiger partial charge in [-0.15, -0.1) is 0 Å². The van der Waals surface area contributed by atoms with Crippen molar-refractivity contribution in [3.8, 4) is 17.0 Å². The number of nitrogens with zero attached hydrogens (tertiary/aromatic N) is 2. The fraction of sp³-hybridized carbons (Fsp3) is 0.148. The van der Waals surface area contributed by atoms with Gasteiger partial charge in [0.1, 0.15) is 23.3 Å². The summed E-state index contributed by atoms with van der Waals surface area (Å²) in [4.78, 5) is 18.3. The molecule has 4 rings (SSSR count). The molecule has 0 spiro atoms. The van der Waals surface area contributed by atoms with Crippen molar-refractivity contribution in [2.24, 2.45) is 0 Å². The number of benzene rings is 2. The molecule has 1 aromatic heterocycles. The van der Waals surface area contributed by atoms with E-state index in [4.69, 9.17) is 17.7 Å². The Morgan fingerprint density at radius 1 is 1.21 bits per heavy atom. The minimum atomic E-state index is -0.469. The Morgan fingerprint density at radius 2 is 1.94 bits per heavy atom. The number of hydrogen-bond donors (Lipinski definition) is 2. The second-order valence-corrected chi connectivity index (χ2v) is 8.08. The third-order valence-electron chi connectivity index (χ3n) is 5.67. The van der Waals surface area contributed by atoms with Crippen LogP contribution in [0, 0.1) is 0 Å². The number of hydrogen-bond acceptors (Lipinski definition) is 5. The number of carbonyl (C=O) groups is 1. The maximum absolute atomic E-state index is 13.4. The molecule has 1 unspecified atom stereocenters. The molecule has 0 fully saturated rings. The highest BCUT2D eigenvalue weighted by Gasteiger charge is 2.41. The third kappa shape index (κ3) is 5.09. The molecule has 1 atom stereocenters. The molecule has 0 amide bonds. The van der Waals surface area contributed by atoms with Crippen molar-refractivity contribution >= 4 is 19.8 Å². The van der Waals surface area contributed by atoms with Crippen LogP contribution < -0.4 is 9.88 Å². The van der Waals surface area contributed by atoms with E-state index in [1.807, 2.05) is 36.4 Å². The lowest BCUT2D eigenvalue weighted by molar-refractivity contribution is -0.552. The summed E-state index contributed by atoms with van der Waals surface area (Å²) in [6.07, 6.45) is 8.04. The third-order valence-corrected chi connectivity index (χ3v) is 5.67. The number of fused-ring (bicyclic) bond motifs is 1. The van der Waals surface area contributed by atoms with E-state index in [2.05, 4.69) is 11.9 Å². The molecule has 7 heteroatoms. The molecule has 6 nitrogen and oxygen atoms in total. The zero-order valence-electron chi connectivity index (χ0n) is 18.9. The van der Waals surface area contributed by atoms with Crippen molar-refractivity contribution < 1.29 is 19.1 Å². The maximum Gasteiger partial charge on any atom is 0.373 e. The number of phenolic OH excluding ortho intramolecular Hbond substituents is 1. The smallest absolute Gasteiger partial charge is 0.373 e. The van der Waals surface area contributed by atoms with Gasteiger partial charge in [0.25, 0.3) is 0 Å². The summed E-state index contributed by atoms with van der Waals surface area (Å²) in [5.41, 5.74) is 4.19. The Labute approximate surface area is 200 Å². The van der Waals surface area contributed by atoms with Crippen LogP contribution in [-0.2, 0) is 11.1 Å². The average Bonchev–Trinajstić information content (AvgIpc) is 3.18. The van der Waals surface area contributed by atoms with E-state index in [1.165, 1.54) is 0 Å². The molecular weight excluding hydrogens is 425 g/mol. The topological polar surface area (TPSA) is 75.3 Å². The summed E-state index contributed by atoms with van der Waals surface area (Å²) in [5, 5.41) is 13.0. The molecule has 1 aliphatic heterocycles. The van der Waals surface area contributed by atoms with E-state index in [0.717, 1.165) is 22.4 Å². The van der Waals surface area contributed by atoms with Crippen molar-refractivity contribution in [1.82, 2.24) is 4.98 Å². The molecule has 2 N–H and O–H groups in total. The van der Waals surface area contributed by atoms with Crippen molar-refractivity contribution in [1.29, 1.82) is 0 Å². The Balaban J connectivity index is 1.71. The Bertz CT molecular complexity index is 1270. The highest BCUT2D eigenvalue weighted by atomic mass is 16.4. The highest BCUT2D eigenvalue weighted by molar-refractivity contribution is 5.98. The first-order valence-corrected chi connectivity index (χ1v) is 10.9. The van der Waals surface area contributed by atoms with Gasteiger partial charge in [-0.25, -0.2) is 9.78 Å². The summed E-state index contributed by atoms with van der Waals surface area (Å²) < 4.78 is 6.34. The number of anilines is 1. The van der Waals surface area contributed by atoms with Crippen LogP contribution in [0.2, 0.25) is 0 Å². The number of nitrogens with one attached hydrogen (secondary N) is 1. The first kappa shape index (κ1) is 23.0. The monoisotopic (exact) mass is 450 g/mol. The number of allylic oxidation sites excluding steroid dienone is 4. The van der Waals surface area contributed by atoms with Crippen LogP contribution in [0.3, 0.4) is 0 Å². The number of phenols is 1. The lowest BCUT2D eigenvalue weighted by atomic mass is 10.1. The minimum absolute atomic E-state index is 0.0738. The quantitative estimate of drug-likeness (QED) is 0.232. The maximum atomic E-state index is 13.4. The Morgan fingerprint density at radius 3 is 2.62 bits per heavy atom. The van der Waals surface area contributed by atoms with Crippen LogP contribution in [0.25, 0.3) is 11.3 Å². The van der Waals surface area contributed by atoms with E-state index < -0.39 is 6.04 Å². The summed E-state index contributed by atoms with van der Waals surface area (Å²) in [5.74, 6) is 1.33. The van der Waals surface area contributed by atoms with Crippen LogP contribution in [0.1, 0.15) is 29.4 Å². The summed E-state index contributed by atoms with van der Waals surface area (Å²) in [6, 6.07) is 16.3. The largest absolute Gasteiger partial charge is 0.571 e. The molecule has 0 saturated carbocycles. The van der Waals surface area contributed by atoms with Gasteiger partial charge in [-0.2, -0.15) is 4.57 Å². The van der Waals surface area contributed by atoms with Gasteiger partial charge in [0, 0.05) is 18.4 Å². The molecule has 0 saturated heterocycles. The Kier molecular flexibility index (Phi) is 6.92. The van der Waals surface area contributed by atoms with Gasteiger partial charge in [-0.3, -0.25) is 5.32 Å². The van der Waals surface area contributed by atoms with Gasteiger partial charge in [0.2, 0.25) is 0 Å². The van der Waals surface area contributed by atoms with Gasteiger partial charge in [0.15, 0.2) is 6.04 Å². The van der Waals surface area contributed by atoms with Crippen LogP contribution in [-0.4, -0.2) is 30.1 Å². The fourth-order valence-corrected chi connectivity index (χ4v) is 3.82. The van der Waals surface area contributed by atoms with Crippen molar-refractivity contribution in [3.63, 3.8) is 0 Å². The van der Waals surface area contributed by atoms with Crippen molar-refractivity contribution in [3.05, 3.63) is 108 Å². The first-order valence-electron chi connectivity index (χ1n) is 10.9. The second kappa shape index (κ2) is 10.2. The van der Waals surface area contributed by atoms with E-state index in [0.29, 0.717) is 30.1 Å². The van der Waals surface area contributed by atoms with Gasteiger partial charge < -0.3 is 9.76 Å². The van der Waals surface area contributed by atoms with Crippen LogP contribution >= 0.6 is 0 Å². The first-order chi connectivity index (χ1) is 16.5. The highest BCUT2D eigenvalue weighted by Crippen LogP contribution is 2.26. The minimum Gasteiger partial charge on any atom is -0.571 e. The molecule has 1 aliphatic rings. The van der Waals surface area contributed by atoms with Gasteiger partial charge in [-0.05, 0) is 48.4 Å². The van der Waals surface area contributed by atoms with E-state index in [9.17, 15) is 9.90 Å². The van der Waals surface area contributed by atoms with E-state index >= 15 is 0 Å². The Hall–Kier alpha value is -4.13. The number of rotatable bonds is 8. The predicted octanol–water partition coefficient (Wildman–Crippen LogP) is 4.27. The van der Waals surface area contributed by atoms with E-state index in [1.54, 1.807) is 54.1 Å². The predicted molar refractivity (Wildman–Crippen MR) is 132 cm³/mol. The molecule has 2 radical (unpaired) electrons. The zero-order chi connectivity index (χ0) is 24.1. The molecule has 2 heterocycles. The fourth-order valence-electron chi connectivity index (χ4n) is 3.82. The molecule has 3 aromatic rings. The molecule has 168 valence electrons. The molecular formula is C27H25BN3O3+. The molecule has 34 heavy (non-hydrogen) atoms. The number of carbonyl (C=O) groups excluding carboxylic acids is 1. The van der Waals surface area contributed by atoms with Crippen molar-refractivity contribution in [2.75, 3.05) is 5.32 Å². The number of aromatic nitrogens is 2. The SMILES string of the molecule is [B]O/C(C)=C/C=C(\C=C)CC1Nc2c(Cc3ccccc3)nc(-c3ccc(O)cc3)c[n+]2C1=O. The lowest BCUT2D eigenvalue weighted by Crippen LogP contribution is -2.43. The standard InChI is InChI=1S/C27H24BN3O3/c1-3-19(10-9-18(2)34-28)15-24-27(33)31-17-25(21-11-13-22(32)14-12-21)29-23(26(31)30-24)16-20-7-5-4-6-8-20/h3-14,17,24,32H,1,15-16H2,2H3/p+1/b18-9+,19-10+. The van der Waals surface area contributed by atoms with Gasteiger partial charge in [-0.1, -0.05) is 49.1 Å². The van der Waals surface area contributed by atoms with Gasteiger partial charge >= 0.3 is 19.8 Å². The molecule has 0 aliphatic carbocycles. The van der Waals surface area contributed by atoms with Gasteiger partial charge in [0.05, 0.1) is 5.76 Å².